The fourth-order valence-electron chi connectivity index (χ4n) is 1.33. The molecule has 0 aliphatic carbocycles. The Kier molecular flexibility index (Phi) is 3.04. The number of halogens is 7. The lowest BCUT2D eigenvalue weighted by atomic mass is 10.2. The Morgan fingerprint density at radius 2 is 1.47 bits per heavy atom. The van der Waals surface area contributed by atoms with E-state index in [-0.39, 0.29) is 5.15 Å². The number of hydrogen-bond acceptors (Lipinski definition) is 3. The second kappa shape index (κ2) is 4.19. The molecule has 0 atom stereocenters. The lowest BCUT2D eigenvalue weighted by molar-refractivity contribution is -0.151. The third kappa shape index (κ3) is 2.70. The van der Waals surface area contributed by atoms with E-state index in [0.717, 1.165) is 12.1 Å². The summed E-state index contributed by atoms with van der Waals surface area (Å²) in [7, 11) is 0. The zero-order valence-electron chi connectivity index (χ0n) is 8.64. The minimum Gasteiger partial charge on any atom is -0.219 e. The standard InChI is InChI=1S/C9H2ClF6N3/c10-4-2-1-3-5(8(11,12)13)18-7(9(14,15)16)19-6(3)17-4/h1-2H. The zero-order chi connectivity index (χ0) is 14.4. The fourth-order valence-corrected chi connectivity index (χ4v) is 1.47. The van der Waals surface area contributed by atoms with Gasteiger partial charge in [0.1, 0.15) is 5.15 Å². The molecule has 0 amide bonds. The van der Waals surface area contributed by atoms with E-state index in [0.29, 0.717) is 0 Å². The van der Waals surface area contributed by atoms with Crippen LogP contribution in [-0.4, -0.2) is 15.0 Å². The normalized spacial score (nSPS) is 13.0. The summed E-state index contributed by atoms with van der Waals surface area (Å²) < 4.78 is 75.3. The van der Waals surface area contributed by atoms with Crippen molar-refractivity contribution in [2.45, 2.75) is 12.4 Å². The molecule has 19 heavy (non-hydrogen) atoms. The third-order valence-corrected chi connectivity index (χ3v) is 2.26. The maximum atomic E-state index is 12.7. The number of aromatic nitrogens is 3. The predicted molar refractivity (Wildman–Crippen MR) is 52.3 cm³/mol. The van der Waals surface area contributed by atoms with Crippen molar-refractivity contribution in [3.8, 4) is 0 Å². The van der Waals surface area contributed by atoms with Crippen LogP contribution >= 0.6 is 11.6 Å². The van der Waals surface area contributed by atoms with E-state index in [1.807, 2.05) is 0 Å². The van der Waals surface area contributed by atoms with Crippen LogP contribution in [0.4, 0.5) is 26.3 Å². The average Bonchev–Trinajstić information content (AvgIpc) is 2.24. The van der Waals surface area contributed by atoms with Gasteiger partial charge < -0.3 is 0 Å². The van der Waals surface area contributed by atoms with Gasteiger partial charge in [-0.2, -0.15) is 26.3 Å². The Labute approximate surface area is 106 Å². The van der Waals surface area contributed by atoms with Gasteiger partial charge in [0, 0.05) is 0 Å². The van der Waals surface area contributed by atoms with Crippen molar-refractivity contribution in [2.75, 3.05) is 0 Å². The molecular formula is C9H2ClF6N3. The Balaban J connectivity index is 2.84. The number of nitrogens with zero attached hydrogens (tertiary/aromatic N) is 3. The molecule has 0 radical (unpaired) electrons. The van der Waals surface area contributed by atoms with Gasteiger partial charge in [0.25, 0.3) is 0 Å². The molecule has 2 rings (SSSR count). The van der Waals surface area contributed by atoms with Gasteiger partial charge in [0.2, 0.25) is 5.82 Å². The molecule has 2 aromatic heterocycles. The van der Waals surface area contributed by atoms with Crippen molar-refractivity contribution in [3.63, 3.8) is 0 Å². The first kappa shape index (κ1) is 13.8. The van der Waals surface area contributed by atoms with E-state index in [1.54, 1.807) is 0 Å². The van der Waals surface area contributed by atoms with Gasteiger partial charge in [-0.25, -0.2) is 15.0 Å². The monoisotopic (exact) mass is 301 g/mol. The Morgan fingerprint density at radius 3 is 2.00 bits per heavy atom. The Hall–Kier alpha value is -1.64. The average molecular weight is 302 g/mol. The first-order valence-electron chi connectivity index (χ1n) is 4.58. The predicted octanol–water partition coefficient (Wildman–Crippen LogP) is 3.72. The summed E-state index contributed by atoms with van der Waals surface area (Å²) in [6.45, 7) is 0. The molecule has 0 saturated carbocycles. The van der Waals surface area contributed by atoms with Crippen LogP contribution in [0, 0.1) is 0 Å². The largest absolute Gasteiger partial charge is 0.451 e. The van der Waals surface area contributed by atoms with Crippen molar-refractivity contribution < 1.29 is 26.3 Å². The molecule has 0 aromatic carbocycles. The maximum absolute atomic E-state index is 12.7. The number of pyridine rings is 1. The minimum absolute atomic E-state index is 0.271. The van der Waals surface area contributed by atoms with Crippen molar-refractivity contribution in [2.24, 2.45) is 0 Å². The van der Waals surface area contributed by atoms with Crippen LogP contribution in [0.25, 0.3) is 11.0 Å². The minimum atomic E-state index is -5.11. The molecule has 2 aromatic rings. The second-order valence-electron chi connectivity index (χ2n) is 3.40. The fraction of sp³-hybridized carbons (Fsp3) is 0.222. The van der Waals surface area contributed by atoms with Gasteiger partial charge >= 0.3 is 12.4 Å². The summed E-state index contributed by atoms with van der Waals surface area (Å²) in [6.07, 6.45) is -10.2. The lowest BCUT2D eigenvalue weighted by Crippen LogP contribution is -2.18. The van der Waals surface area contributed by atoms with Crippen molar-refractivity contribution in [1.29, 1.82) is 0 Å². The number of alkyl halides is 6. The second-order valence-corrected chi connectivity index (χ2v) is 3.78. The molecular weight excluding hydrogens is 300 g/mol. The molecule has 0 spiro atoms. The van der Waals surface area contributed by atoms with Gasteiger partial charge in [-0.1, -0.05) is 11.6 Å². The zero-order valence-corrected chi connectivity index (χ0v) is 9.40. The van der Waals surface area contributed by atoms with Crippen LogP contribution < -0.4 is 0 Å². The number of hydrogen-bond donors (Lipinski definition) is 0. The molecule has 2 heterocycles. The molecule has 0 N–H and O–H groups in total. The van der Waals surface area contributed by atoms with Gasteiger partial charge in [-0.3, -0.25) is 0 Å². The summed E-state index contributed by atoms with van der Waals surface area (Å²) >= 11 is 5.42. The van der Waals surface area contributed by atoms with Crippen LogP contribution in [0.2, 0.25) is 5.15 Å². The van der Waals surface area contributed by atoms with Crippen molar-refractivity contribution in [1.82, 2.24) is 15.0 Å². The Morgan fingerprint density at radius 1 is 0.842 bits per heavy atom. The topological polar surface area (TPSA) is 38.7 Å². The molecule has 10 heteroatoms. The van der Waals surface area contributed by atoms with E-state index in [2.05, 4.69) is 15.0 Å². The van der Waals surface area contributed by atoms with Crippen LogP contribution in [0.5, 0.6) is 0 Å². The molecule has 0 aliphatic heterocycles. The molecule has 102 valence electrons. The maximum Gasteiger partial charge on any atom is 0.451 e. The van der Waals surface area contributed by atoms with Crippen LogP contribution in [0.1, 0.15) is 11.5 Å². The van der Waals surface area contributed by atoms with Gasteiger partial charge in [-0.15, -0.1) is 0 Å². The van der Waals surface area contributed by atoms with Gasteiger partial charge in [0.15, 0.2) is 11.3 Å². The highest BCUT2D eigenvalue weighted by Crippen LogP contribution is 2.35. The summed E-state index contributed by atoms with van der Waals surface area (Å²) in [5.74, 6) is -1.91. The number of rotatable bonds is 0. The highest BCUT2D eigenvalue weighted by atomic mass is 35.5. The molecule has 0 unspecified atom stereocenters. The first-order valence-corrected chi connectivity index (χ1v) is 4.95. The summed E-state index contributed by atoms with van der Waals surface area (Å²) in [5.41, 5.74) is -2.46. The van der Waals surface area contributed by atoms with Crippen LogP contribution in [0.3, 0.4) is 0 Å². The van der Waals surface area contributed by atoms with E-state index in [9.17, 15) is 26.3 Å². The lowest BCUT2D eigenvalue weighted by Gasteiger charge is -2.12. The smallest absolute Gasteiger partial charge is 0.219 e. The Bertz CT molecular complexity index is 636. The highest BCUT2D eigenvalue weighted by Gasteiger charge is 2.41. The molecule has 0 bridgehead atoms. The van der Waals surface area contributed by atoms with E-state index >= 15 is 0 Å². The van der Waals surface area contributed by atoms with Gasteiger partial charge in [0.05, 0.1) is 5.39 Å². The summed E-state index contributed by atoms with van der Waals surface area (Å²) in [5, 5.41) is -0.919. The first-order chi connectivity index (χ1) is 8.59. The SMILES string of the molecule is FC(F)(F)c1nc(C(F)(F)F)c2ccc(Cl)nc2n1. The van der Waals surface area contributed by atoms with E-state index < -0.39 is 34.9 Å². The summed E-state index contributed by atoms with van der Waals surface area (Å²) in [6, 6.07) is 1.88. The van der Waals surface area contributed by atoms with Crippen LogP contribution in [0.15, 0.2) is 12.1 Å². The molecule has 0 aliphatic rings. The number of fused-ring (bicyclic) bond motifs is 1. The molecule has 0 saturated heterocycles. The third-order valence-electron chi connectivity index (χ3n) is 2.05. The van der Waals surface area contributed by atoms with Crippen LogP contribution in [-0.2, 0) is 12.4 Å². The van der Waals surface area contributed by atoms with Crippen molar-refractivity contribution in [3.05, 3.63) is 28.8 Å². The summed E-state index contributed by atoms with van der Waals surface area (Å²) in [4.78, 5) is 8.82. The molecule has 3 nitrogen and oxygen atoms in total. The quantitative estimate of drug-likeness (QED) is 0.550. The van der Waals surface area contributed by atoms with E-state index in [4.69, 9.17) is 11.6 Å². The van der Waals surface area contributed by atoms with Gasteiger partial charge in [-0.05, 0) is 12.1 Å². The molecule has 0 fully saturated rings. The van der Waals surface area contributed by atoms with E-state index in [1.165, 1.54) is 0 Å². The van der Waals surface area contributed by atoms with Crippen molar-refractivity contribution >= 4 is 22.6 Å². The highest BCUT2D eigenvalue weighted by molar-refractivity contribution is 6.29.